The molecular weight excluding hydrogens is 236 g/mol. The Kier molecular flexibility index (Phi) is 4.72. The van der Waals surface area contributed by atoms with Crippen molar-refractivity contribution >= 4 is 12.1 Å². The van der Waals surface area contributed by atoms with E-state index in [-0.39, 0.29) is 5.91 Å². The van der Waals surface area contributed by atoms with E-state index in [1.54, 1.807) is 0 Å². The van der Waals surface area contributed by atoms with Crippen molar-refractivity contribution in [3.8, 4) is 0 Å². The Labute approximate surface area is 115 Å². The SMILES string of the molecule is Cc1ccc(C(=O)N/N=C/C2CCCCC2)cc1C. The maximum Gasteiger partial charge on any atom is 0.271 e. The van der Waals surface area contributed by atoms with E-state index >= 15 is 0 Å². The van der Waals surface area contributed by atoms with Gasteiger partial charge in [-0.3, -0.25) is 4.79 Å². The lowest BCUT2D eigenvalue weighted by Gasteiger charge is -2.16. The summed E-state index contributed by atoms with van der Waals surface area (Å²) in [5.74, 6) is 0.406. The summed E-state index contributed by atoms with van der Waals surface area (Å²) >= 11 is 0. The predicted octanol–water partition coefficient (Wildman–Crippen LogP) is 3.60. The van der Waals surface area contributed by atoms with Crippen LogP contribution in [0.5, 0.6) is 0 Å². The number of nitrogens with zero attached hydrogens (tertiary/aromatic N) is 1. The lowest BCUT2D eigenvalue weighted by Crippen LogP contribution is -2.19. The highest BCUT2D eigenvalue weighted by Crippen LogP contribution is 2.21. The Morgan fingerprint density at radius 2 is 1.95 bits per heavy atom. The summed E-state index contributed by atoms with van der Waals surface area (Å²) in [6, 6.07) is 5.71. The molecule has 0 atom stereocenters. The minimum atomic E-state index is -0.129. The van der Waals surface area contributed by atoms with E-state index in [1.807, 2.05) is 38.3 Å². The molecular formula is C16H22N2O. The van der Waals surface area contributed by atoms with Gasteiger partial charge >= 0.3 is 0 Å². The van der Waals surface area contributed by atoms with Crippen LogP contribution in [0.1, 0.15) is 53.6 Å². The van der Waals surface area contributed by atoms with Gasteiger partial charge in [0.25, 0.3) is 5.91 Å². The zero-order valence-corrected chi connectivity index (χ0v) is 11.8. The summed E-state index contributed by atoms with van der Waals surface area (Å²) in [4.78, 5) is 11.9. The summed E-state index contributed by atoms with van der Waals surface area (Å²) in [6.07, 6.45) is 8.19. The third-order valence-corrected chi connectivity index (χ3v) is 3.87. The Morgan fingerprint density at radius 3 is 2.63 bits per heavy atom. The Hall–Kier alpha value is -1.64. The van der Waals surface area contributed by atoms with E-state index in [2.05, 4.69) is 10.5 Å². The van der Waals surface area contributed by atoms with Crippen molar-refractivity contribution in [1.29, 1.82) is 0 Å². The molecule has 0 aliphatic heterocycles. The van der Waals surface area contributed by atoms with Crippen LogP contribution in [-0.2, 0) is 0 Å². The van der Waals surface area contributed by atoms with Crippen molar-refractivity contribution in [2.24, 2.45) is 11.0 Å². The van der Waals surface area contributed by atoms with E-state index in [0.717, 1.165) is 5.56 Å². The average molecular weight is 258 g/mol. The van der Waals surface area contributed by atoms with Crippen LogP contribution in [0.25, 0.3) is 0 Å². The number of nitrogens with one attached hydrogen (secondary N) is 1. The van der Waals surface area contributed by atoms with Crippen LogP contribution in [-0.4, -0.2) is 12.1 Å². The molecule has 0 aromatic heterocycles. The highest BCUT2D eigenvalue weighted by Gasteiger charge is 2.11. The summed E-state index contributed by atoms with van der Waals surface area (Å²) in [7, 11) is 0. The van der Waals surface area contributed by atoms with E-state index in [1.165, 1.54) is 37.7 Å². The molecule has 0 spiro atoms. The molecule has 1 aromatic carbocycles. The van der Waals surface area contributed by atoms with Gasteiger partial charge in [0.15, 0.2) is 0 Å². The summed E-state index contributed by atoms with van der Waals surface area (Å²) < 4.78 is 0. The van der Waals surface area contributed by atoms with Gasteiger partial charge in [-0.05, 0) is 55.9 Å². The second-order valence-corrected chi connectivity index (χ2v) is 5.42. The number of hydrazone groups is 1. The molecule has 0 bridgehead atoms. The maximum absolute atomic E-state index is 11.9. The maximum atomic E-state index is 11.9. The third kappa shape index (κ3) is 3.91. The highest BCUT2D eigenvalue weighted by molar-refractivity contribution is 5.94. The molecule has 1 fully saturated rings. The van der Waals surface area contributed by atoms with E-state index in [9.17, 15) is 4.79 Å². The van der Waals surface area contributed by atoms with Crippen LogP contribution in [0.4, 0.5) is 0 Å². The van der Waals surface area contributed by atoms with Crippen LogP contribution >= 0.6 is 0 Å². The van der Waals surface area contributed by atoms with Gasteiger partial charge < -0.3 is 0 Å². The van der Waals surface area contributed by atoms with Crippen LogP contribution < -0.4 is 5.43 Å². The predicted molar refractivity (Wildman–Crippen MR) is 78.4 cm³/mol. The van der Waals surface area contributed by atoms with Crippen molar-refractivity contribution in [3.05, 3.63) is 34.9 Å². The van der Waals surface area contributed by atoms with Crippen molar-refractivity contribution < 1.29 is 4.79 Å². The molecule has 1 saturated carbocycles. The zero-order chi connectivity index (χ0) is 13.7. The average Bonchev–Trinajstić information content (AvgIpc) is 2.43. The van der Waals surface area contributed by atoms with Gasteiger partial charge in [0.1, 0.15) is 0 Å². The number of amides is 1. The molecule has 3 heteroatoms. The number of rotatable bonds is 3. The first kappa shape index (κ1) is 13.8. The first-order valence-corrected chi connectivity index (χ1v) is 7.07. The summed E-state index contributed by atoms with van der Waals surface area (Å²) in [6.45, 7) is 4.05. The molecule has 3 nitrogen and oxygen atoms in total. The van der Waals surface area contributed by atoms with Gasteiger partial charge in [-0.2, -0.15) is 5.10 Å². The molecule has 1 aliphatic rings. The second kappa shape index (κ2) is 6.50. The van der Waals surface area contributed by atoms with Gasteiger partial charge in [-0.15, -0.1) is 0 Å². The Morgan fingerprint density at radius 1 is 1.21 bits per heavy atom. The van der Waals surface area contributed by atoms with E-state index in [0.29, 0.717) is 11.5 Å². The fourth-order valence-corrected chi connectivity index (χ4v) is 2.43. The van der Waals surface area contributed by atoms with Crippen molar-refractivity contribution in [3.63, 3.8) is 0 Å². The molecule has 1 aliphatic carbocycles. The number of carbonyl (C=O) groups is 1. The second-order valence-electron chi connectivity index (χ2n) is 5.42. The smallest absolute Gasteiger partial charge is 0.267 e. The number of aryl methyl sites for hydroxylation is 2. The molecule has 1 N–H and O–H groups in total. The Bertz CT molecular complexity index is 474. The van der Waals surface area contributed by atoms with E-state index < -0.39 is 0 Å². The molecule has 1 amide bonds. The van der Waals surface area contributed by atoms with Gasteiger partial charge in [0.2, 0.25) is 0 Å². The molecule has 102 valence electrons. The van der Waals surface area contributed by atoms with Crippen molar-refractivity contribution in [2.75, 3.05) is 0 Å². The largest absolute Gasteiger partial charge is 0.271 e. The lowest BCUT2D eigenvalue weighted by molar-refractivity contribution is 0.0955. The van der Waals surface area contributed by atoms with Crippen LogP contribution in [0.3, 0.4) is 0 Å². The van der Waals surface area contributed by atoms with Crippen LogP contribution in [0, 0.1) is 19.8 Å². The highest BCUT2D eigenvalue weighted by atomic mass is 16.2. The van der Waals surface area contributed by atoms with Gasteiger partial charge in [-0.25, -0.2) is 5.43 Å². The number of hydrogen-bond acceptors (Lipinski definition) is 2. The fraction of sp³-hybridized carbons (Fsp3) is 0.500. The quantitative estimate of drug-likeness (QED) is 0.653. The number of hydrogen-bond donors (Lipinski definition) is 1. The first-order valence-electron chi connectivity index (χ1n) is 7.07. The van der Waals surface area contributed by atoms with Gasteiger partial charge in [0, 0.05) is 11.8 Å². The normalized spacial score (nSPS) is 16.7. The van der Waals surface area contributed by atoms with E-state index in [4.69, 9.17) is 0 Å². The zero-order valence-electron chi connectivity index (χ0n) is 11.8. The van der Waals surface area contributed by atoms with Crippen molar-refractivity contribution in [2.45, 2.75) is 46.0 Å². The fourth-order valence-electron chi connectivity index (χ4n) is 2.43. The molecule has 2 rings (SSSR count). The topological polar surface area (TPSA) is 41.5 Å². The Balaban J connectivity index is 1.89. The number of benzene rings is 1. The van der Waals surface area contributed by atoms with Crippen LogP contribution in [0.15, 0.2) is 23.3 Å². The molecule has 0 saturated heterocycles. The monoisotopic (exact) mass is 258 g/mol. The molecule has 0 radical (unpaired) electrons. The minimum absolute atomic E-state index is 0.129. The summed E-state index contributed by atoms with van der Waals surface area (Å²) in [5.41, 5.74) is 5.62. The first-order chi connectivity index (χ1) is 9.16. The third-order valence-electron chi connectivity index (χ3n) is 3.87. The van der Waals surface area contributed by atoms with Crippen LogP contribution in [0.2, 0.25) is 0 Å². The summed E-state index contributed by atoms with van der Waals surface area (Å²) in [5, 5.41) is 4.10. The number of carbonyl (C=O) groups excluding carboxylic acids is 1. The molecule has 0 heterocycles. The standard InChI is InChI=1S/C16H22N2O/c1-12-8-9-15(10-13(12)2)16(19)18-17-11-14-6-4-3-5-7-14/h8-11,14H,3-7H2,1-2H3,(H,18,19)/b17-11+. The van der Waals surface area contributed by atoms with Gasteiger partial charge in [0.05, 0.1) is 0 Å². The lowest BCUT2D eigenvalue weighted by atomic mass is 9.90. The molecule has 0 unspecified atom stereocenters. The minimum Gasteiger partial charge on any atom is -0.267 e. The molecule has 1 aromatic rings. The van der Waals surface area contributed by atoms with Gasteiger partial charge in [-0.1, -0.05) is 25.3 Å². The van der Waals surface area contributed by atoms with Crippen molar-refractivity contribution in [1.82, 2.24) is 5.43 Å². The molecule has 19 heavy (non-hydrogen) atoms.